The predicted octanol–water partition coefficient (Wildman–Crippen LogP) is 4.84. The second-order valence-corrected chi connectivity index (χ2v) is 5.87. The van der Waals surface area contributed by atoms with Crippen molar-refractivity contribution in [3.05, 3.63) is 51.0 Å². The van der Waals surface area contributed by atoms with Gasteiger partial charge >= 0.3 is 0 Å². The van der Waals surface area contributed by atoms with E-state index in [-0.39, 0.29) is 16.9 Å². The molecule has 0 saturated carbocycles. The van der Waals surface area contributed by atoms with E-state index in [2.05, 4.69) is 13.0 Å². The maximum absolute atomic E-state index is 13.6. The predicted molar refractivity (Wildman–Crippen MR) is 74.4 cm³/mol. The Morgan fingerprint density at radius 2 is 2.00 bits per heavy atom. The first-order valence-electron chi connectivity index (χ1n) is 5.57. The van der Waals surface area contributed by atoms with Gasteiger partial charge in [-0.2, -0.15) is 0 Å². The van der Waals surface area contributed by atoms with Gasteiger partial charge < -0.3 is 4.74 Å². The summed E-state index contributed by atoms with van der Waals surface area (Å²) in [6.45, 7) is 4.11. The number of hydrogen-bond acceptors (Lipinski definition) is 2. The number of thiophene rings is 1. The highest BCUT2D eigenvalue weighted by molar-refractivity contribution is 7.12. The second-order valence-electron chi connectivity index (χ2n) is 4.14. The highest BCUT2D eigenvalue weighted by atomic mass is 35.5. The molecule has 1 atom stereocenters. The Kier molecular flexibility index (Phi) is 3.93. The SMILES string of the molecule is COc1ccc(C(Cl)c2cc(C)c(C)s2)cc1F. The third-order valence-corrected chi connectivity index (χ3v) is 4.74. The van der Waals surface area contributed by atoms with Gasteiger partial charge in [0.15, 0.2) is 11.6 Å². The number of alkyl halides is 1. The molecule has 1 aromatic carbocycles. The number of aryl methyl sites for hydroxylation is 2. The smallest absolute Gasteiger partial charge is 0.165 e. The molecule has 1 unspecified atom stereocenters. The van der Waals surface area contributed by atoms with Crippen molar-refractivity contribution < 1.29 is 9.13 Å². The standard InChI is InChI=1S/C14H14ClFOS/c1-8-6-13(18-9(8)2)14(15)10-4-5-12(17-3)11(16)7-10/h4-7,14H,1-3H3. The zero-order valence-electron chi connectivity index (χ0n) is 10.5. The Hall–Kier alpha value is -1.06. The van der Waals surface area contributed by atoms with Crippen molar-refractivity contribution in [2.45, 2.75) is 19.2 Å². The van der Waals surface area contributed by atoms with E-state index in [9.17, 15) is 4.39 Å². The Bertz CT molecular complexity index is 545. The quantitative estimate of drug-likeness (QED) is 0.733. The largest absolute Gasteiger partial charge is 0.494 e. The lowest BCUT2D eigenvalue weighted by atomic mass is 10.1. The van der Waals surface area contributed by atoms with Crippen LogP contribution in [0.3, 0.4) is 0 Å². The molecule has 0 aliphatic heterocycles. The van der Waals surface area contributed by atoms with Gasteiger partial charge in [0, 0.05) is 9.75 Å². The van der Waals surface area contributed by atoms with Gasteiger partial charge in [0.05, 0.1) is 12.5 Å². The van der Waals surface area contributed by atoms with Crippen molar-refractivity contribution in [1.82, 2.24) is 0 Å². The highest BCUT2D eigenvalue weighted by Crippen LogP contribution is 2.36. The molecule has 0 spiro atoms. The molecule has 0 bridgehead atoms. The van der Waals surface area contributed by atoms with Gasteiger partial charge in [-0.25, -0.2) is 4.39 Å². The maximum Gasteiger partial charge on any atom is 0.165 e. The van der Waals surface area contributed by atoms with Crippen LogP contribution < -0.4 is 4.74 Å². The van der Waals surface area contributed by atoms with Crippen LogP contribution in [0.4, 0.5) is 4.39 Å². The number of ether oxygens (including phenoxy) is 1. The number of hydrogen-bond donors (Lipinski definition) is 0. The molecule has 0 saturated heterocycles. The third kappa shape index (κ3) is 2.52. The van der Waals surface area contributed by atoms with Crippen LogP contribution in [-0.2, 0) is 0 Å². The summed E-state index contributed by atoms with van der Waals surface area (Å²) in [5, 5.41) is -0.317. The van der Waals surface area contributed by atoms with E-state index in [1.807, 2.05) is 6.92 Å². The molecule has 0 aliphatic rings. The molecule has 1 heterocycles. The normalized spacial score (nSPS) is 12.5. The molecule has 0 N–H and O–H groups in total. The fourth-order valence-electron chi connectivity index (χ4n) is 1.73. The van der Waals surface area contributed by atoms with Crippen LogP contribution >= 0.6 is 22.9 Å². The van der Waals surface area contributed by atoms with E-state index < -0.39 is 0 Å². The van der Waals surface area contributed by atoms with Crippen molar-refractivity contribution >= 4 is 22.9 Å². The summed E-state index contributed by atoms with van der Waals surface area (Å²) in [7, 11) is 1.45. The summed E-state index contributed by atoms with van der Waals surface area (Å²) in [5.74, 6) is -0.146. The Labute approximate surface area is 115 Å². The monoisotopic (exact) mass is 284 g/mol. The van der Waals surface area contributed by atoms with Crippen LogP contribution in [-0.4, -0.2) is 7.11 Å². The summed E-state index contributed by atoms with van der Waals surface area (Å²) in [5.41, 5.74) is 1.96. The first-order valence-corrected chi connectivity index (χ1v) is 6.82. The first-order chi connectivity index (χ1) is 8.52. The molecule has 18 heavy (non-hydrogen) atoms. The molecular weight excluding hydrogens is 271 g/mol. The van der Waals surface area contributed by atoms with Crippen LogP contribution in [0.25, 0.3) is 0 Å². The van der Waals surface area contributed by atoms with Crippen molar-refractivity contribution in [2.75, 3.05) is 7.11 Å². The van der Waals surface area contributed by atoms with Gasteiger partial charge in [-0.1, -0.05) is 6.07 Å². The number of methoxy groups -OCH3 is 1. The summed E-state index contributed by atoms with van der Waals surface area (Å²) in [6.07, 6.45) is 0. The zero-order chi connectivity index (χ0) is 13.3. The zero-order valence-corrected chi connectivity index (χ0v) is 12.0. The lowest BCUT2D eigenvalue weighted by Gasteiger charge is -2.09. The molecule has 1 nitrogen and oxygen atoms in total. The molecule has 0 fully saturated rings. The van der Waals surface area contributed by atoms with Crippen LogP contribution in [0.2, 0.25) is 0 Å². The van der Waals surface area contributed by atoms with Gasteiger partial charge in [-0.3, -0.25) is 0 Å². The summed E-state index contributed by atoms with van der Waals surface area (Å²) in [6, 6.07) is 6.89. The van der Waals surface area contributed by atoms with E-state index in [1.54, 1.807) is 23.5 Å². The molecular formula is C14H14ClFOS. The fraction of sp³-hybridized carbons (Fsp3) is 0.286. The summed E-state index contributed by atoms with van der Waals surface area (Å²) >= 11 is 8.03. The average Bonchev–Trinajstić information content (AvgIpc) is 2.68. The number of benzene rings is 1. The molecule has 1 aromatic heterocycles. The lowest BCUT2D eigenvalue weighted by Crippen LogP contribution is -1.94. The van der Waals surface area contributed by atoms with Crippen LogP contribution in [0.15, 0.2) is 24.3 Å². The molecule has 2 rings (SSSR count). The van der Waals surface area contributed by atoms with Crippen LogP contribution in [0.5, 0.6) is 5.75 Å². The average molecular weight is 285 g/mol. The van der Waals surface area contributed by atoms with E-state index in [4.69, 9.17) is 16.3 Å². The minimum absolute atomic E-state index is 0.237. The Morgan fingerprint density at radius 3 is 2.50 bits per heavy atom. The van der Waals surface area contributed by atoms with Gasteiger partial charge in [0.2, 0.25) is 0 Å². The third-order valence-electron chi connectivity index (χ3n) is 2.90. The van der Waals surface area contributed by atoms with Gasteiger partial charge in [0.1, 0.15) is 0 Å². The van der Waals surface area contributed by atoms with Crippen LogP contribution in [0, 0.1) is 19.7 Å². The first kappa shape index (κ1) is 13.4. The highest BCUT2D eigenvalue weighted by Gasteiger charge is 2.16. The molecule has 0 radical (unpaired) electrons. The van der Waals surface area contributed by atoms with Crippen molar-refractivity contribution in [1.29, 1.82) is 0 Å². The lowest BCUT2D eigenvalue weighted by molar-refractivity contribution is 0.386. The summed E-state index contributed by atoms with van der Waals surface area (Å²) in [4.78, 5) is 2.28. The Morgan fingerprint density at radius 1 is 1.28 bits per heavy atom. The molecule has 0 amide bonds. The minimum atomic E-state index is -0.384. The van der Waals surface area contributed by atoms with E-state index in [0.29, 0.717) is 0 Å². The molecule has 96 valence electrons. The van der Waals surface area contributed by atoms with Crippen LogP contribution in [0.1, 0.15) is 26.3 Å². The molecule has 2 aromatic rings. The minimum Gasteiger partial charge on any atom is -0.494 e. The van der Waals surface area contributed by atoms with E-state index >= 15 is 0 Å². The molecule has 4 heteroatoms. The number of halogens is 2. The summed E-state index contributed by atoms with van der Waals surface area (Å²) < 4.78 is 18.5. The van der Waals surface area contributed by atoms with Crippen molar-refractivity contribution in [2.24, 2.45) is 0 Å². The van der Waals surface area contributed by atoms with Crippen molar-refractivity contribution in [3.8, 4) is 5.75 Å². The number of rotatable bonds is 3. The van der Waals surface area contributed by atoms with Gasteiger partial charge in [0.25, 0.3) is 0 Å². The Balaban J connectivity index is 2.33. The molecule has 0 aliphatic carbocycles. The van der Waals surface area contributed by atoms with Gasteiger partial charge in [-0.15, -0.1) is 22.9 Å². The topological polar surface area (TPSA) is 9.23 Å². The maximum atomic E-state index is 13.6. The second kappa shape index (κ2) is 5.29. The van der Waals surface area contributed by atoms with Crippen molar-refractivity contribution in [3.63, 3.8) is 0 Å². The van der Waals surface area contributed by atoms with E-state index in [0.717, 1.165) is 10.4 Å². The fourth-order valence-corrected chi connectivity index (χ4v) is 3.11. The van der Waals surface area contributed by atoms with Gasteiger partial charge in [-0.05, 0) is 43.2 Å². The van der Waals surface area contributed by atoms with E-state index in [1.165, 1.54) is 23.6 Å².